The minimum Gasteiger partial charge on any atom is -0.462 e. The van der Waals surface area contributed by atoms with Gasteiger partial charge >= 0.3 is 5.97 Å². The molecule has 184 valence electrons. The van der Waals surface area contributed by atoms with Gasteiger partial charge in [-0.25, -0.2) is 4.79 Å². The highest BCUT2D eigenvalue weighted by Gasteiger charge is 2.20. The number of hydrogen-bond acceptors (Lipinski definition) is 7. The number of amides is 2. The van der Waals surface area contributed by atoms with Gasteiger partial charge in [-0.1, -0.05) is 29.5 Å². The predicted molar refractivity (Wildman–Crippen MR) is 135 cm³/mol. The van der Waals surface area contributed by atoms with Crippen molar-refractivity contribution in [3.05, 3.63) is 71.0 Å². The summed E-state index contributed by atoms with van der Waals surface area (Å²) < 4.78 is 6.84. The molecular weight excluding hydrogens is 466 g/mol. The van der Waals surface area contributed by atoms with Gasteiger partial charge in [0.15, 0.2) is 11.0 Å². The van der Waals surface area contributed by atoms with Crippen LogP contribution in [0, 0.1) is 6.92 Å². The van der Waals surface area contributed by atoms with Gasteiger partial charge in [0, 0.05) is 17.8 Å². The molecule has 9 nitrogen and oxygen atoms in total. The molecule has 0 saturated heterocycles. The molecule has 0 spiro atoms. The van der Waals surface area contributed by atoms with Crippen LogP contribution >= 0.6 is 11.8 Å². The third-order valence-electron chi connectivity index (χ3n) is 5.09. The quantitative estimate of drug-likeness (QED) is 0.323. The molecule has 0 fully saturated rings. The number of nitrogens with one attached hydrogen (secondary N) is 2. The molecule has 3 rings (SSSR count). The van der Waals surface area contributed by atoms with E-state index in [9.17, 15) is 14.4 Å². The smallest absolute Gasteiger partial charge is 0.338 e. The van der Waals surface area contributed by atoms with Crippen LogP contribution in [0.15, 0.2) is 53.7 Å². The molecule has 0 bridgehead atoms. The summed E-state index contributed by atoms with van der Waals surface area (Å²) in [4.78, 5) is 36.8. The molecule has 2 amide bonds. The van der Waals surface area contributed by atoms with E-state index in [-0.39, 0.29) is 23.6 Å². The first-order chi connectivity index (χ1) is 16.8. The average molecular weight is 496 g/mol. The second kappa shape index (κ2) is 12.2. The molecule has 10 heteroatoms. The number of rotatable bonds is 10. The van der Waals surface area contributed by atoms with E-state index in [0.717, 1.165) is 5.56 Å². The van der Waals surface area contributed by atoms with Crippen molar-refractivity contribution in [3.63, 3.8) is 0 Å². The number of ether oxygens (including phenoxy) is 1. The highest BCUT2D eigenvalue weighted by molar-refractivity contribution is 7.99. The highest BCUT2D eigenvalue weighted by atomic mass is 32.2. The molecule has 35 heavy (non-hydrogen) atoms. The maximum Gasteiger partial charge on any atom is 0.338 e. The molecule has 2 N–H and O–H groups in total. The summed E-state index contributed by atoms with van der Waals surface area (Å²) in [5.74, 6) is -0.0610. The minimum absolute atomic E-state index is 0.127. The van der Waals surface area contributed by atoms with Crippen molar-refractivity contribution in [2.45, 2.75) is 45.4 Å². The van der Waals surface area contributed by atoms with Crippen LogP contribution in [0.3, 0.4) is 0 Å². The zero-order chi connectivity index (χ0) is 25.4. The van der Waals surface area contributed by atoms with E-state index in [1.165, 1.54) is 11.8 Å². The zero-order valence-electron chi connectivity index (χ0n) is 20.2. The van der Waals surface area contributed by atoms with Gasteiger partial charge in [-0.15, -0.1) is 10.2 Å². The van der Waals surface area contributed by atoms with E-state index in [2.05, 4.69) is 20.8 Å². The van der Waals surface area contributed by atoms with Crippen LogP contribution in [0.5, 0.6) is 0 Å². The van der Waals surface area contributed by atoms with Gasteiger partial charge in [-0.05, 0) is 64.1 Å². The van der Waals surface area contributed by atoms with Crippen LogP contribution in [-0.4, -0.2) is 44.9 Å². The summed E-state index contributed by atoms with van der Waals surface area (Å²) >= 11 is 1.26. The molecule has 0 aliphatic carbocycles. The Bertz CT molecular complexity index is 1190. The van der Waals surface area contributed by atoms with E-state index >= 15 is 0 Å². The lowest BCUT2D eigenvalue weighted by Gasteiger charge is -2.15. The number of nitrogens with zero attached hydrogens (tertiary/aromatic N) is 3. The standard InChI is InChI=1S/C25H29N5O4S/c1-5-30-22(17(4)26-23(32)19-9-7-8-16(3)14-19)28-29-25(30)35-15-21(31)27-20-12-10-18(11-13-20)24(33)34-6-2/h7-14,17H,5-6,15H2,1-4H3,(H,26,32)(H,27,31)/t17-/m1/s1. The Labute approximate surface area is 208 Å². The maximum atomic E-state index is 12.6. The molecule has 2 aromatic carbocycles. The fourth-order valence-electron chi connectivity index (χ4n) is 3.39. The Hall–Kier alpha value is -3.66. The molecule has 1 heterocycles. The second-order valence-corrected chi connectivity index (χ2v) is 8.73. The van der Waals surface area contributed by atoms with Crippen molar-refractivity contribution in [1.82, 2.24) is 20.1 Å². The van der Waals surface area contributed by atoms with Crippen molar-refractivity contribution in [3.8, 4) is 0 Å². The van der Waals surface area contributed by atoms with Gasteiger partial charge in [-0.3, -0.25) is 9.59 Å². The first-order valence-electron chi connectivity index (χ1n) is 11.3. The number of hydrogen-bond donors (Lipinski definition) is 2. The number of carbonyl (C=O) groups is 3. The normalized spacial score (nSPS) is 11.5. The summed E-state index contributed by atoms with van der Waals surface area (Å²) in [6.45, 7) is 8.38. The molecule has 0 unspecified atom stereocenters. The van der Waals surface area contributed by atoms with Crippen molar-refractivity contribution < 1.29 is 19.1 Å². The summed E-state index contributed by atoms with van der Waals surface area (Å²) in [7, 11) is 0. The fourth-order valence-corrected chi connectivity index (χ4v) is 4.20. The predicted octanol–water partition coefficient (Wildman–Crippen LogP) is 4.00. The fraction of sp³-hybridized carbons (Fsp3) is 0.320. The molecule has 0 aliphatic heterocycles. The monoisotopic (exact) mass is 495 g/mol. The average Bonchev–Trinajstić information content (AvgIpc) is 3.26. The molecule has 0 aliphatic rings. The number of carbonyl (C=O) groups excluding carboxylic acids is 3. The van der Waals surface area contributed by atoms with E-state index < -0.39 is 5.97 Å². The van der Waals surface area contributed by atoms with E-state index in [1.807, 2.05) is 43.5 Å². The number of benzene rings is 2. The third-order valence-corrected chi connectivity index (χ3v) is 6.06. The van der Waals surface area contributed by atoms with Crippen LogP contribution in [0.4, 0.5) is 5.69 Å². The van der Waals surface area contributed by atoms with Crippen LogP contribution in [0.1, 0.15) is 58.9 Å². The SMILES string of the molecule is CCOC(=O)c1ccc(NC(=O)CSc2nnc([C@@H](C)NC(=O)c3cccc(C)c3)n2CC)cc1. The summed E-state index contributed by atoms with van der Waals surface area (Å²) in [5.41, 5.74) is 2.59. The van der Waals surface area contributed by atoms with Crippen LogP contribution in [-0.2, 0) is 16.1 Å². The summed E-state index contributed by atoms with van der Waals surface area (Å²) in [6.07, 6.45) is 0. The largest absolute Gasteiger partial charge is 0.462 e. The number of aromatic nitrogens is 3. The maximum absolute atomic E-state index is 12.6. The van der Waals surface area contributed by atoms with E-state index in [4.69, 9.17) is 4.74 Å². The Morgan fingerprint density at radius 2 is 1.80 bits per heavy atom. The van der Waals surface area contributed by atoms with Crippen LogP contribution < -0.4 is 10.6 Å². The number of esters is 1. The second-order valence-electron chi connectivity index (χ2n) is 7.78. The van der Waals surface area contributed by atoms with Crippen molar-refractivity contribution >= 4 is 35.2 Å². The Balaban J connectivity index is 1.58. The number of aryl methyl sites for hydroxylation is 1. The van der Waals surface area contributed by atoms with Gasteiger partial charge in [0.05, 0.1) is 24.0 Å². The first kappa shape index (κ1) is 26.0. The molecule has 0 saturated carbocycles. The van der Waals surface area contributed by atoms with Gasteiger partial charge in [0.1, 0.15) is 0 Å². The van der Waals surface area contributed by atoms with Crippen LogP contribution in [0.25, 0.3) is 0 Å². The molecule has 1 aromatic heterocycles. The number of thioether (sulfide) groups is 1. The van der Waals surface area contributed by atoms with Gasteiger partial charge < -0.3 is 19.9 Å². The molecular formula is C25H29N5O4S. The Morgan fingerprint density at radius 3 is 2.46 bits per heavy atom. The van der Waals surface area contributed by atoms with Crippen molar-refractivity contribution in [2.24, 2.45) is 0 Å². The van der Waals surface area contributed by atoms with E-state index in [0.29, 0.717) is 40.9 Å². The first-order valence-corrected chi connectivity index (χ1v) is 12.3. The molecule has 3 aromatic rings. The van der Waals surface area contributed by atoms with Gasteiger partial charge in [0.2, 0.25) is 5.91 Å². The van der Waals surface area contributed by atoms with Gasteiger partial charge in [0.25, 0.3) is 5.91 Å². The molecule has 1 atom stereocenters. The lowest BCUT2D eigenvalue weighted by molar-refractivity contribution is -0.113. The lowest BCUT2D eigenvalue weighted by atomic mass is 10.1. The van der Waals surface area contributed by atoms with Crippen molar-refractivity contribution in [2.75, 3.05) is 17.7 Å². The Morgan fingerprint density at radius 1 is 1.06 bits per heavy atom. The van der Waals surface area contributed by atoms with E-state index in [1.54, 1.807) is 37.3 Å². The minimum atomic E-state index is -0.403. The summed E-state index contributed by atoms with van der Waals surface area (Å²) in [5, 5.41) is 14.8. The van der Waals surface area contributed by atoms with Crippen LogP contribution in [0.2, 0.25) is 0 Å². The van der Waals surface area contributed by atoms with Crippen molar-refractivity contribution in [1.29, 1.82) is 0 Å². The third kappa shape index (κ3) is 6.92. The molecule has 0 radical (unpaired) electrons. The van der Waals surface area contributed by atoms with Gasteiger partial charge in [-0.2, -0.15) is 0 Å². The topological polar surface area (TPSA) is 115 Å². The highest BCUT2D eigenvalue weighted by Crippen LogP contribution is 2.21. The lowest BCUT2D eigenvalue weighted by Crippen LogP contribution is -2.28. The zero-order valence-corrected chi connectivity index (χ0v) is 21.0. The number of anilines is 1. The Kier molecular flexibility index (Phi) is 9.02. The summed E-state index contributed by atoms with van der Waals surface area (Å²) in [6, 6.07) is 13.5.